The van der Waals surface area contributed by atoms with Crippen molar-refractivity contribution in [2.24, 2.45) is 11.5 Å². The van der Waals surface area contributed by atoms with Crippen molar-refractivity contribution in [3.05, 3.63) is 11.9 Å². The molecule has 1 heterocycles. The van der Waals surface area contributed by atoms with E-state index in [0.717, 1.165) is 0 Å². The highest BCUT2D eigenvalue weighted by Crippen LogP contribution is 1.89. The molecule has 5 N–H and O–H groups in total. The van der Waals surface area contributed by atoms with E-state index in [1.165, 1.54) is 0 Å². The number of nitrogen functional groups attached to an aromatic ring is 1. The molecule has 0 atom stereocenters. The zero-order valence-corrected chi connectivity index (χ0v) is 5.99. The summed E-state index contributed by atoms with van der Waals surface area (Å²) >= 11 is 0. The number of amidine groups is 1. The van der Waals surface area contributed by atoms with Gasteiger partial charge in [-0.15, -0.1) is 5.10 Å². The van der Waals surface area contributed by atoms with E-state index in [0.29, 0.717) is 18.8 Å². The molecule has 1 aromatic heterocycles. The first-order chi connectivity index (χ1) is 5.24. The first-order valence-electron chi connectivity index (χ1n) is 3.18. The third-order valence-corrected chi connectivity index (χ3v) is 1.17. The Morgan fingerprint density at radius 2 is 2.45 bits per heavy atom. The molecular formula is C5H10N6. The van der Waals surface area contributed by atoms with Crippen LogP contribution in [0.1, 0.15) is 5.69 Å². The van der Waals surface area contributed by atoms with Crippen LogP contribution in [0.3, 0.4) is 0 Å². The molecule has 6 nitrogen and oxygen atoms in total. The Labute approximate surface area is 63.7 Å². The van der Waals surface area contributed by atoms with Crippen LogP contribution in [0.4, 0.5) is 0 Å². The number of aromatic nitrogens is 3. The van der Waals surface area contributed by atoms with Crippen molar-refractivity contribution in [3.63, 3.8) is 0 Å². The lowest BCUT2D eigenvalue weighted by molar-refractivity contribution is 0.598. The lowest BCUT2D eigenvalue weighted by atomic mass is 10.4. The van der Waals surface area contributed by atoms with Gasteiger partial charge in [0.1, 0.15) is 11.5 Å². The van der Waals surface area contributed by atoms with Crippen LogP contribution in [-0.4, -0.2) is 27.4 Å². The lowest BCUT2D eigenvalue weighted by Crippen LogP contribution is -2.12. The summed E-state index contributed by atoms with van der Waals surface area (Å²) in [5.41, 5.74) is 10.8. The molecular weight excluding hydrogens is 144 g/mol. The highest BCUT2D eigenvalue weighted by Gasteiger charge is 2.00. The van der Waals surface area contributed by atoms with Crippen LogP contribution in [0, 0.1) is 5.41 Å². The van der Waals surface area contributed by atoms with E-state index in [-0.39, 0.29) is 5.84 Å². The van der Waals surface area contributed by atoms with Gasteiger partial charge in [-0.3, -0.25) is 10.1 Å². The van der Waals surface area contributed by atoms with Crippen LogP contribution in [0.2, 0.25) is 0 Å². The number of rotatable bonds is 3. The molecule has 1 rings (SSSR count). The van der Waals surface area contributed by atoms with Gasteiger partial charge in [0.05, 0.1) is 12.7 Å². The Morgan fingerprint density at radius 3 is 2.91 bits per heavy atom. The third-order valence-electron chi connectivity index (χ3n) is 1.17. The van der Waals surface area contributed by atoms with Crippen molar-refractivity contribution in [1.29, 1.82) is 5.41 Å². The largest absolute Gasteiger partial charge is 0.382 e. The van der Waals surface area contributed by atoms with E-state index in [2.05, 4.69) is 10.3 Å². The molecule has 0 bridgehead atoms. The second kappa shape index (κ2) is 3.11. The molecule has 6 heteroatoms. The normalized spacial score (nSPS) is 9.91. The number of nitrogens with one attached hydrogen (secondary N) is 1. The predicted octanol–water partition coefficient (Wildman–Crippen LogP) is -1.48. The van der Waals surface area contributed by atoms with Gasteiger partial charge >= 0.3 is 0 Å². The highest BCUT2D eigenvalue weighted by molar-refractivity contribution is 5.92. The highest BCUT2D eigenvalue weighted by atomic mass is 15.4. The maximum atomic E-state index is 7.01. The van der Waals surface area contributed by atoms with E-state index < -0.39 is 0 Å². The fourth-order valence-electron chi connectivity index (χ4n) is 0.663. The summed E-state index contributed by atoms with van der Waals surface area (Å²) in [7, 11) is 0. The lowest BCUT2D eigenvalue weighted by Gasteiger charge is -1.92. The molecule has 0 unspecified atom stereocenters. The zero-order valence-electron chi connectivity index (χ0n) is 5.99. The quantitative estimate of drug-likeness (QED) is 0.364. The summed E-state index contributed by atoms with van der Waals surface area (Å²) < 4.78 is 1.55. The van der Waals surface area contributed by atoms with E-state index in [9.17, 15) is 0 Å². The topological polar surface area (TPSA) is 107 Å². The molecule has 0 aromatic carbocycles. The SMILES string of the molecule is N=C(N)c1cn(CCN)nn1. The van der Waals surface area contributed by atoms with Gasteiger partial charge in [0.15, 0.2) is 0 Å². The fourth-order valence-corrected chi connectivity index (χ4v) is 0.663. The molecule has 0 saturated carbocycles. The van der Waals surface area contributed by atoms with E-state index in [4.69, 9.17) is 16.9 Å². The molecule has 0 aliphatic rings. The summed E-state index contributed by atoms with van der Waals surface area (Å²) in [5.74, 6) is -0.0757. The molecule has 0 radical (unpaired) electrons. The predicted molar refractivity (Wildman–Crippen MR) is 40.1 cm³/mol. The molecule has 1 aromatic rings. The van der Waals surface area contributed by atoms with E-state index in [1.54, 1.807) is 10.9 Å². The van der Waals surface area contributed by atoms with Gasteiger partial charge in [0.25, 0.3) is 0 Å². The molecule has 0 aliphatic heterocycles. The number of nitrogens with two attached hydrogens (primary N) is 2. The van der Waals surface area contributed by atoms with Gasteiger partial charge < -0.3 is 11.5 Å². The summed E-state index contributed by atoms with van der Waals surface area (Å²) in [6.45, 7) is 1.10. The standard InChI is InChI=1S/C5H10N6/c6-1-2-11-3-4(5(7)8)9-10-11/h3H,1-2,6H2,(H3,7,8). The van der Waals surface area contributed by atoms with Crippen molar-refractivity contribution in [2.45, 2.75) is 6.54 Å². The van der Waals surface area contributed by atoms with E-state index in [1.807, 2.05) is 0 Å². The smallest absolute Gasteiger partial charge is 0.147 e. The summed E-state index contributed by atoms with van der Waals surface area (Å²) in [6.07, 6.45) is 1.59. The van der Waals surface area contributed by atoms with Crippen LogP contribution in [0.5, 0.6) is 0 Å². The van der Waals surface area contributed by atoms with Crippen molar-refractivity contribution in [3.8, 4) is 0 Å². The van der Waals surface area contributed by atoms with Gasteiger partial charge in [-0.1, -0.05) is 5.21 Å². The molecule has 0 saturated heterocycles. The van der Waals surface area contributed by atoms with Crippen LogP contribution in [0.15, 0.2) is 6.20 Å². The maximum Gasteiger partial charge on any atom is 0.147 e. The Balaban J connectivity index is 2.73. The number of hydrogen-bond donors (Lipinski definition) is 3. The minimum Gasteiger partial charge on any atom is -0.382 e. The van der Waals surface area contributed by atoms with Gasteiger partial charge in [-0.2, -0.15) is 0 Å². The first kappa shape index (κ1) is 7.67. The van der Waals surface area contributed by atoms with Gasteiger partial charge in [-0.05, 0) is 0 Å². The monoisotopic (exact) mass is 154 g/mol. The first-order valence-corrected chi connectivity index (χ1v) is 3.18. The Hall–Kier alpha value is -1.43. The second-order valence-corrected chi connectivity index (χ2v) is 2.07. The minimum atomic E-state index is -0.0757. The second-order valence-electron chi connectivity index (χ2n) is 2.07. The van der Waals surface area contributed by atoms with Crippen LogP contribution in [0.25, 0.3) is 0 Å². The molecule has 60 valence electrons. The Kier molecular flexibility index (Phi) is 2.17. The van der Waals surface area contributed by atoms with Crippen molar-refractivity contribution < 1.29 is 0 Å². The molecule has 0 spiro atoms. The third kappa shape index (κ3) is 1.74. The average molecular weight is 154 g/mol. The van der Waals surface area contributed by atoms with Gasteiger partial charge in [-0.25, -0.2) is 0 Å². The van der Waals surface area contributed by atoms with Crippen LogP contribution < -0.4 is 11.5 Å². The van der Waals surface area contributed by atoms with Gasteiger partial charge in [0, 0.05) is 6.54 Å². The maximum absolute atomic E-state index is 7.01. The van der Waals surface area contributed by atoms with Crippen molar-refractivity contribution >= 4 is 5.84 Å². The summed E-state index contributed by atoms with van der Waals surface area (Å²) in [5, 5.41) is 14.3. The average Bonchev–Trinajstić information content (AvgIpc) is 2.37. The molecule has 0 aliphatic carbocycles. The Bertz CT molecular complexity index is 251. The van der Waals surface area contributed by atoms with Crippen molar-refractivity contribution in [1.82, 2.24) is 15.0 Å². The molecule has 11 heavy (non-hydrogen) atoms. The van der Waals surface area contributed by atoms with E-state index >= 15 is 0 Å². The van der Waals surface area contributed by atoms with Crippen LogP contribution >= 0.6 is 0 Å². The summed E-state index contributed by atoms with van der Waals surface area (Å²) in [6, 6.07) is 0. The van der Waals surface area contributed by atoms with Crippen molar-refractivity contribution in [2.75, 3.05) is 6.54 Å². The summed E-state index contributed by atoms with van der Waals surface area (Å²) in [4.78, 5) is 0. The molecule has 0 amide bonds. The van der Waals surface area contributed by atoms with Crippen LogP contribution in [-0.2, 0) is 6.54 Å². The van der Waals surface area contributed by atoms with Gasteiger partial charge in [0.2, 0.25) is 0 Å². The minimum absolute atomic E-state index is 0.0757. The Morgan fingerprint density at radius 1 is 1.73 bits per heavy atom. The molecule has 0 fully saturated rings. The zero-order chi connectivity index (χ0) is 8.27. The number of nitrogens with zero attached hydrogens (tertiary/aromatic N) is 3. The number of hydrogen-bond acceptors (Lipinski definition) is 4. The fraction of sp³-hybridized carbons (Fsp3) is 0.400.